The molecule has 0 fully saturated rings. The van der Waals surface area contributed by atoms with Gasteiger partial charge in [-0.1, -0.05) is 29.8 Å². The standard InChI is InChI=1S/C21H26N4O2/c1-15(2)25(14-17-11-23-24(4)13-17)21(26)10-9-20-22-12-19(27-20)18-7-5-16(3)6-8-18/h5-8,11-13,15H,9-10,14H2,1-4H3. The fourth-order valence-corrected chi connectivity index (χ4v) is 2.94. The van der Waals surface area contributed by atoms with Crippen molar-refractivity contribution in [3.8, 4) is 11.3 Å². The predicted octanol–water partition coefficient (Wildman–Crippen LogP) is 3.75. The van der Waals surface area contributed by atoms with E-state index in [0.717, 1.165) is 16.9 Å². The number of oxazole rings is 1. The van der Waals surface area contributed by atoms with Gasteiger partial charge in [0, 0.05) is 49.8 Å². The summed E-state index contributed by atoms with van der Waals surface area (Å²) in [4.78, 5) is 18.9. The Kier molecular flexibility index (Phi) is 5.74. The number of hydrogen-bond donors (Lipinski definition) is 0. The van der Waals surface area contributed by atoms with E-state index >= 15 is 0 Å². The SMILES string of the molecule is Cc1ccc(-c2cnc(CCC(=O)N(Cc3cnn(C)c3)C(C)C)o2)cc1. The molecule has 6 heteroatoms. The van der Waals surface area contributed by atoms with Crippen LogP contribution >= 0.6 is 0 Å². The Hall–Kier alpha value is -2.89. The second kappa shape index (κ2) is 8.20. The Balaban J connectivity index is 1.61. The van der Waals surface area contributed by atoms with Gasteiger partial charge in [0.1, 0.15) is 0 Å². The molecule has 0 radical (unpaired) electrons. The molecule has 0 unspecified atom stereocenters. The third kappa shape index (κ3) is 4.84. The number of carbonyl (C=O) groups is 1. The first kappa shape index (κ1) is 18.9. The van der Waals surface area contributed by atoms with E-state index < -0.39 is 0 Å². The van der Waals surface area contributed by atoms with Crippen molar-refractivity contribution in [3.63, 3.8) is 0 Å². The minimum atomic E-state index is 0.0870. The van der Waals surface area contributed by atoms with Crippen LogP contribution in [0.15, 0.2) is 47.3 Å². The van der Waals surface area contributed by atoms with Crippen molar-refractivity contribution < 1.29 is 9.21 Å². The van der Waals surface area contributed by atoms with Gasteiger partial charge >= 0.3 is 0 Å². The maximum Gasteiger partial charge on any atom is 0.223 e. The maximum absolute atomic E-state index is 12.7. The number of hydrogen-bond acceptors (Lipinski definition) is 4. The van der Waals surface area contributed by atoms with Gasteiger partial charge in [-0.25, -0.2) is 4.98 Å². The van der Waals surface area contributed by atoms with Crippen molar-refractivity contribution in [2.75, 3.05) is 0 Å². The quantitative estimate of drug-likeness (QED) is 0.639. The first-order valence-electron chi connectivity index (χ1n) is 9.21. The van der Waals surface area contributed by atoms with Gasteiger partial charge in [0.2, 0.25) is 5.91 Å². The Labute approximate surface area is 159 Å². The Morgan fingerprint density at radius 1 is 1.22 bits per heavy atom. The highest BCUT2D eigenvalue weighted by Crippen LogP contribution is 2.21. The van der Waals surface area contributed by atoms with Gasteiger partial charge in [0.25, 0.3) is 0 Å². The molecule has 1 aromatic carbocycles. The number of nitrogens with zero attached hydrogens (tertiary/aromatic N) is 4. The molecular formula is C21H26N4O2. The number of aromatic nitrogens is 3. The predicted molar refractivity (Wildman–Crippen MR) is 104 cm³/mol. The smallest absolute Gasteiger partial charge is 0.223 e. The summed E-state index contributed by atoms with van der Waals surface area (Å²) in [5, 5.41) is 4.17. The summed E-state index contributed by atoms with van der Waals surface area (Å²) in [6.07, 6.45) is 6.31. The molecule has 3 aromatic rings. The van der Waals surface area contributed by atoms with Gasteiger partial charge in [-0.3, -0.25) is 9.48 Å². The molecule has 6 nitrogen and oxygen atoms in total. The summed E-state index contributed by atoms with van der Waals surface area (Å²) in [7, 11) is 1.87. The molecule has 27 heavy (non-hydrogen) atoms. The van der Waals surface area contributed by atoms with Crippen LogP contribution in [0.25, 0.3) is 11.3 Å². The molecule has 2 heterocycles. The molecule has 1 amide bonds. The molecule has 2 aromatic heterocycles. The lowest BCUT2D eigenvalue weighted by Gasteiger charge is -2.26. The van der Waals surface area contributed by atoms with Crippen molar-refractivity contribution >= 4 is 5.91 Å². The zero-order valence-electron chi connectivity index (χ0n) is 16.3. The van der Waals surface area contributed by atoms with Crippen LogP contribution in [0.3, 0.4) is 0 Å². The average Bonchev–Trinajstić information content (AvgIpc) is 3.27. The van der Waals surface area contributed by atoms with E-state index in [4.69, 9.17) is 4.42 Å². The van der Waals surface area contributed by atoms with Crippen molar-refractivity contribution in [3.05, 3.63) is 59.9 Å². The van der Waals surface area contributed by atoms with Gasteiger partial charge in [0.05, 0.1) is 12.4 Å². The maximum atomic E-state index is 12.7. The van der Waals surface area contributed by atoms with E-state index in [0.29, 0.717) is 25.3 Å². The molecule has 0 atom stereocenters. The molecule has 0 saturated carbocycles. The van der Waals surface area contributed by atoms with Gasteiger partial charge in [-0.2, -0.15) is 5.10 Å². The van der Waals surface area contributed by atoms with E-state index in [1.165, 1.54) is 5.56 Å². The van der Waals surface area contributed by atoms with Gasteiger partial charge in [-0.05, 0) is 20.8 Å². The second-order valence-corrected chi connectivity index (χ2v) is 7.12. The molecule has 0 saturated heterocycles. The van der Waals surface area contributed by atoms with Crippen LogP contribution in [0.5, 0.6) is 0 Å². The summed E-state index contributed by atoms with van der Waals surface area (Å²) in [6.45, 7) is 6.65. The van der Waals surface area contributed by atoms with Crippen LogP contribution in [0.4, 0.5) is 0 Å². The Bertz CT molecular complexity index is 893. The lowest BCUT2D eigenvalue weighted by molar-refractivity contribution is -0.133. The molecule has 0 aliphatic heterocycles. The van der Waals surface area contributed by atoms with Crippen molar-refractivity contribution in [1.29, 1.82) is 0 Å². The van der Waals surface area contributed by atoms with Crippen LogP contribution in [0.1, 0.15) is 37.3 Å². The lowest BCUT2D eigenvalue weighted by atomic mass is 10.1. The summed E-state index contributed by atoms with van der Waals surface area (Å²) in [5.74, 6) is 1.40. The number of carbonyl (C=O) groups excluding carboxylic acids is 1. The third-order valence-electron chi connectivity index (χ3n) is 4.50. The average molecular weight is 366 g/mol. The Morgan fingerprint density at radius 3 is 2.59 bits per heavy atom. The Morgan fingerprint density at radius 2 is 1.96 bits per heavy atom. The molecule has 0 spiro atoms. The highest BCUT2D eigenvalue weighted by atomic mass is 16.4. The van der Waals surface area contributed by atoms with Gasteiger partial charge < -0.3 is 9.32 Å². The van der Waals surface area contributed by atoms with Crippen LogP contribution < -0.4 is 0 Å². The minimum absolute atomic E-state index is 0.0870. The minimum Gasteiger partial charge on any atom is -0.441 e. The summed E-state index contributed by atoms with van der Waals surface area (Å²) < 4.78 is 7.57. The number of rotatable bonds is 7. The van der Waals surface area contributed by atoms with Crippen molar-refractivity contribution in [2.45, 2.75) is 46.2 Å². The van der Waals surface area contributed by atoms with Gasteiger partial charge in [-0.15, -0.1) is 0 Å². The summed E-state index contributed by atoms with van der Waals surface area (Å²) in [5.41, 5.74) is 3.22. The molecule has 0 aliphatic carbocycles. The first-order chi connectivity index (χ1) is 12.9. The summed E-state index contributed by atoms with van der Waals surface area (Å²) >= 11 is 0. The number of amides is 1. The largest absolute Gasteiger partial charge is 0.441 e. The van der Waals surface area contributed by atoms with E-state index in [2.05, 4.69) is 10.1 Å². The first-order valence-corrected chi connectivity index (χ1v) is 9.21. The molecule has 0 aliphatic rings. The fraction of sp³-hybridized carbons (Fsp3) is 0.381. The highest BCUT2D eigenvalue weighted by Gasteiger charge is 2.19. The van der Waals surface area contributed by atoms with Crippen LogP contribution in [-0.2, 0) is 24.8 Å². The highest BCUT2D eigenvalue weighted by molar-refractivity contribution is 5.76. The lowest BCUT2D eigenvalue weighted by Crippen LogP contribution is -2.36. The van der Waals surface area contributed by atoms with Crippen LogP contribution in [-0.4, -0.2) is 31.6 Å². The normalized spacial score (nSPS) is 11.1. The molecule has 142 valence electrons. The van der Waals surface area contributed by atoms with E-state index in [1.54, 1.807) is 17.1 Å². The molecular weight excluding hydrogens is 340 g/mol. The summed E-state index contributed by atoms with van der Waals surface area (Å²) in [6, 6.07) is 8.23. The van der Waals surface area contributed by atoms with Crippen molar-refractivity contribution in [2.24, 2.45) is 7.05 Å². The third-order valence-corrected chi connectivity index (χ3v) is 4.50. The molecule has 0 N–H and O–H groups in total. The molecule has 0 bridgehead atoms. The number of benzene rings is 1. The van der Waals surface area contributed by atoms with Gasteiger partial charge in [0.15, 0.2) is 11.7 Å². The van der Waals surface area contributed by atoms with E-state index in [1.807, 2.05) is 63.2 Å². The van der Waals surface area contributed by atoms with E-state index in [-0.39, 0.29) is 11.9 Å². The zero-order valence-corrected chi connectivity index (χ0v) is 16.3. The van der Waals surface area contributed by atoms with E-state index in [9.17, 15) is 4.79 Å². The number of aryl methyl sites for hydroxylation is 3. The molecule has 3 rings (SSSR count). The monoisotopic (exact) mass is 366 g/mol. The van der Waals surface area contributed by atoms with Crippen molar-refractivity contribution in [1.82, 2.24) is 19.7 Å². The fourth-order valence-electron chi connectivity index (χ4n) is 2.94. The zero-order chi connectivity index (χ0) is 19.4. The topological polar surface area (TPSA) is 64.2 Å². The second-order valence-electron chi connectivity index (χ2n) is 7.12. The van der Waals surface area contributed by atoms with Crippen LogP contribution in [0.2, 0.25) is 0 Å². The van der Waals surface area contributed by atoms with Crippen LogP contribution in [0, 0.1) is 6.92 Å².